The standard InChI is InChI=1S/C21H40N4O2/c1-17-14-23(16-20(27)22(5)6)11-12-25(17)15-18-7-9-24(10-8-18)19(26)13-21(2,3)4/h17-18H,7-16H2,1-6H3/t17-/m0/s1. The highest BCUT2D eigenvalue weighted by atomic mass is 16.2. The summed E-state index contributed by atoms with van der Waals surface area (Å²) < 4.78 is 0. The van der Waals surface area contributed by atoms with Gasteiger partial charge in [0.2, 0.25) is 11.8 Å². The minimum absolute atomic E-state index is 0.0665. The first-order chi connectivity index (χ1) is 12.5. The van der Waals surface area contributed by atoms with Crippen molar-refractivity contribution in [2.24, 2.45) is 11.3 Å². The van der Waals surface area contributed by atoms with Crippen LogP contribution in [-0.4, -0.2) is 97.4 Å². The van der Waals surface area contributed by atoms with E-state index in [0.717, 1.165) is 52.1 Å². The van der Waals surface area contributed by atoms with E-state index in [1.165, 1.54) is 0 Å². The first-order valence-electron chi connectivity index (χ1n) is 10.5. The van der Waals surface area contributed by atoms with Crippen LogP contribution in [-0.2, 0) is 9.59 Å². The fraction of sp³-hybridized carbons (Fsp3) is 0.905. The van der Waals surface area contributed by atoms with Crippen molar-refractivity contribution in [3.8, 4) is 0 Å². The maximum atomic E-state index is 12.4. The lowest BCUT2D eigenvalue weighted by molar-refractivity contribution is -0.135. The van der Waals surface area contributed by atoms with Crippen LogP contribution in [0.1, 0.15) is 47.0 Å². The third-order valence-corrected chi connectivity index (χ3v) is 5.85. The molecule has 2 amide bonds. The van der Waals surface area contributed by atoms with Gasteiger partial charge in [-0.25, -0.2) is 0 Å². The third kappa shape index (κ3) is 7.07. The van der Waals surface area contributed by atoms with Crippen molar-refractivity contribution in [2.45, 2.75) is 53.0 Å². The molecule has 0 spiro atoms. The van der Waals surface area contributed by atoms with Crippen LogP contribution < -0.4 is 0 Å². The van der Waals surface area contributed by atoms with Crippen molar-refractivity contribution in [1.82, 2.24) is 19.6 Å². The summed E-state index contributed by atoms with van der Waals surface area (Å²) in [5.41, 5.74) is 0.0665. The van der Waals surface area contributed by atoms with Crippen LogP contribution >= 0.6 is 0 Å². The van der Waals surface area contributed by atoms with Gasteiger partial charge < -0.3 is 9.80 Å². The predicted molar refractivity (Wildman–Crippen MR) is 110 cm³/mol. The number of likely N-dealkylation sites (N-methyl/N-ethyl adjacent to an activating group) is 1. The number of nitrogens with zero attached hydrogens (tertiary/aromatic N) is 4. The molecule has 0 aliphatic carbocycles. The highest BCUT2D eigenvalue weighted by Crippen LogP contribution is 2.24. The molecule has 0 aromatic rings. The maximum Gasteiger partial charge on any atom is 0.236 e. The van der Waals surface area contributed by atoms with Gasteiger partial charge in [0, 0.05) is 65.8 Å². The molecule has 0 aromatic carbocycles. The molecule has 2 aliphatic rings. The second-order valence-corrected chi connectivity index (χ2v) is 9.93. The van der Waals surface area contributed by atoms with Crippen molar-refractivity contribution in [3.63, 3.8) is 0 Å². The van der Waals surface area contributed by atoms with Gasteiger partial charge in [0.15, 0.2) is 0 Å². The van der Waals surface area contributed by atoms with Crippen LogP contribution in [0.5, 0.6) is 0 Å². The highest BCUT2D eigenvalue weighted by molar-refractivity contribution is 5.77. The quantitative estimate of drug-likeness (QED) is 0.729. The second kappa shape index (κ2) is 9.37. The van der Waals surface area contributed by atoms with Crippen molar-refractivity contribution in [3.05, 3.63) is 0 Å². The number of carbonyl (C=O) groups excluding carboxylic acids is 2. The lowest BCUT2D eigenvalue weighted by Gasteiger charge is -2.42. The molecule has 0 saturated carbocycles. The van der Waals surface area contributed by atoms with Crippen molar-refractivity contribution in [1.29, 1.82) is 0 Å². The molecule has 156 valence electrons. The molecule has 1 atom stereocenters. The molecule has 0 aromatic heterocycles. The van der Waals surface area contributed by atoms with Crippen LogP contribution in [0.15, 0.2) is 0 Å². The van der Waals surface area contributed by atoms with Gasteiger partial charge in [-0.15, -0.1) is 0 Å². The largest absolute Gasteiger partial charge is 0.348 e. The molecule has 0 radical (unpaired) electrons. The summed E-state index contributed by atoms with van der Waals surface area (Å²) in [6, 6.07) is 0.481. The molecular weight excluding hydrogens is 340 g/mol. The number of rotatable bonds is 5. The minimum atomic E-state index is 0.0665. The third-order valence-electron chi connectivity index (χ3n) is 5.85. The number of carbonyl (C=O) groups is 2. The van der Waals surface area contributed by atoms with E-state index in [0.29, 0.717) is 30.8 Å². The Morgan fingerprint density at radius 3 is 2.19 bits per heavy atom. The Morgan fingerprint density at radius 1 is 1.04 bits per heavy atom. The average molecular weight is 381 g/mol. The normalized spacial score (nSPS) is 23.5. The fourth-order valence-electron chi connectivity index (χ4n) is 4.08. The van der Waals surface area contributed by atoms with Gasteiger partial charge in [0.25, 0.3) is 0 Å². The number of hydrogen-bond acceptors (Lipinski definition) is 4. The molecule has 27 heavy (non-hydrogen) atoms. The number of likely N-dealkylation sites (tertiary alicyclic amines) is 1. The van der Waals surface area contributed by atoms with E-state index >= 15 is 0 Å². The molecule has 6 nitrogen and oxygen atoms in total. The van der Waals surface area contributed by atoms with Gasteiger partial charge in [-0.2, -0.15) is 0 Å². The summed E-state index contributed by atoms with van der Waals surface area (Å²) in [5.74, 6) is 1.18. The van der Waals surface area contributed by atoms with Gasteiger partial charge in [0.1, 0.15) is 0 Å². The smallest absolute Gasteiger partial charge is 0.236 e. The molecule has 0 N–H and O–H groups in total. The number of amides is 2. The Morgan fingerprint density at radius 2 is 1.67 bits per heavy atom. The fourth-order valence-corrected chi connectivity index (χ4v) is 4.08. The molecule has 2 aliphatic heterocycles. The lowest BCUT2D eigenvalue weighted by Crippen LogP contribution is -2.55. The van der Waals surface area contributed by atoms with E-state index in [2.05, 4.69) is 42.4 Å². The highest BCUT2D eigenvalue weighted by Gasteiger charge is 2.30. The Labute approximate surface area is 165 Å². The lowest BCUT2D eigenvalue weighted by atomic mass is 9.90. The molecule has 0 unspecified atom stereocenters. The van der Waals surface area contributed by atoms with Crippen LogP contribution in [0, 0.1) is 11.3 Å². The van der Waals surface area contributed by atoms with Crippen LogP contribution in [0.2, 0.25) is 0 Å². The first kappa shape index (κ1) is 22.2. The van der Waals surface area contributed by atoms with E-state index in [4.69, 9.17) is 0 Å². The SMILES string of the molecule is C[C@H]1CN(CC(=O)N(C)C)CCN1CC1CCN(C(=O)CC(C)(C)C)CC1. The van der Waals surface area contributed by atoms with Gasteiger partial charge in [0.05, 0.1) is 6.54 Å². The second-order valence-electron chi connectivity index (χ2n) is 9.93. The Hall–Kier alpha value is -1.14. The van der Waals surface area contributed by atoms with E-state index in [-0.39, 0.29) is 11.3 Å². The minimum Gasteiger partial charge on any atom is -0.348 e. The number of piperidine rings is 1. The molecule has 2 heterocycles. The maximum absolute atomic E-state index is 12.4. The number of piperazine rings is 1. The summed E-state index contributed by atoms with van der Waals surface area (Å²) in [4.78, 5) is 32.9. The summed E-state index contributed by atoms with van der Waals surface area (Å²) in [6.07, 6.45) is 2.87. The molecule has 2 rings (SSSR count). The van der Waals surface area contributed by atoms with Gasteiger partial charge >= 0.3 is 0 Å². The van der Waals surface area contributed by atoms with Crippen molar-refractivity contribution < 1.29 is 9.59 Å². The van der Waals surface area contributed by atoms with Crippen LogP contribution in [0.4, 0.5) is 0 Å². The van der Waals surface area contributed by atoms with E-state index < -0.39 is 0 Å². The Kier molecular flexibility index (Phi) is 7.69. The molecule has 0 bridgehead atoms. The zero-order chi connectivity index (χ0) is 20.2. The van der Waals surface area contributed by atoms with Gasteiger partial charge in [-0.3, -0.25) is 19.4 Å². The summed E-state index contributed by atoms with van der Waals surface area (Å²) >= 11 is 0. The molecule has 2 saturated heterocycles. The zero-order valence-electron chi connectivity index (χ0n) is 18.3. The predicted octanol–water partition coefficient (Wildman–Crippen LogP) is 1.76. The van der Waals surface area contributed by atoms with Crippen LogP contribution in [0.25, 0.3) is 0 Å². The topological polar surface area (TPSA) is 47.1 Å². The van der Waals surface area contributed by atoms with Gasteiger partial charge in [-0.1, -0.05) is 20.8 Å². The zero-order valence-corrected chi connectivity index (χ0v) is 18.3. The first-order valence-corrected chi connectivity index (χ1v) is 10.5. The summed E-state index contributed by atoms with van der Waals surface area (Å²) in [6.45, 7) is 15.1. The molecular formula is C21H40N4O2. The van der Waals surface area contributed by atoms with Crippen molar-refractivity contribution in [2.75, 3.05) is 59.9 Å². The summed E-state index contributed by atoms with van der Waals surface area (Å²) in [5, 5.41) is 0. The monoisotopic (exact) mass is 380 g/mol. The van der Waals surface area contributed by atoms with Gasteiger partial charge in [-0.05, 0) is 31.1 Å². The molecule has 2 fully saturated rings. The van der Waals surface area contributed by atoms with Crippen LogP contribution in [0.3, 0.4) is 0 Å². The van der Waals surface area contributed by atoms with Crippen molar-refractivity contribution >= 4 is 11.8 Å². The Balaban J connectivity index is 1.73. The Bertz CT molecular complexity index is 507. The number of hydrogen-bond donors (Lipinski definition) is 0. The average Bonchev–Trinajstić information content (AvgIpc) is 2.56. The molecule has 6 heteroatoms. The van der Waals surface area contributed by atoms with E-state index in [9.17, 15) is 9.59 Å². The van der Waals surface area contributed by atoms with E-state index in [1.54, 1.807) is 4.90 Å². The van der Waals surface area contributed by atoms with E-state index in [1.807, 2.05) is 14.1 Å². The summed E-state index contributed by atoms with van der Waals surface area (Å²) in [7, 11) is 3.64.